The Hall–Kier alpha value is -1.91. The van der Waals surface area contributed by atoms with Crippen LogP contribution in [0.4, 0.5) is 4.39 Å². The molecule has 0 aliphatic heterocycles. The highest BCUT2D eigenvalue weighted by Crippen LogP contribution is 2.46. The first-order chi connectivity index (χ1) is 8.53. The molecule has 5 heteroatoms. The topological polar surface area (TPSA) is 66.4 Å². The second-order valence-corrected chi connectivity index (χ2v) is 4.50. The Morgan fingerprint density at radius 3 is 2.50 bits per heavy atom. The van der Waals surface area contributed by atoms with Crippen molar-refractivity contribution >= 4 is 11.9 Å². The van der Waals surface area contributed by atoms with Crippen LogP contribution in [0.2, 0.25) is 0 Å². The number of hydrogen-bond acceptors (Lipinski definition) is 2. The third kappa shape index (κ3) is 2.67. The maximum absolute atomic E-state index is 13.6. The number of hydrogen-bond donors (Lipinski definition) is 2. The minimum Gasteiger partial charge on any atom is -0.481 e. The van der Waals surface area contributed by atoms with Crippen molar-refractivity contribution in [3.05, 3.63) is 35.6 Å². The number of halogens is 1. The van der Waals surface area contributed by atoms with E-state index in [2.05, 4.69) is 5.32 Å². The lowest BCUT2D eigenvalue weighted by Gasteiger charge is -2.18. The molecule has 0 bridgehead atoms. The van der Waals surface area contributed by atoms with E-state index in [1.54, 1.807) is 18.2 Å². The lowest BCUT2D eigenvalue weighted by Crippen LogP contribution is -2.35. The predicted molar refractivity (Wildman–Crippen MR) is 62.3 cm³/mol. The molecule has 1 aliphatic rings. The Labute approximate surface area is 104 Å². The lowest BCUT2D eigenvalue weighted by molar-refractivity contribution is -0.139. The highest BCUT2D eigenvalue weighted by atomic mass is 19.1. The third-order valence-electron chi connectivity index (χ3n) is 3.08. The Balaban J connectivity index is 2.03. The van der Waals surface area contributed by atoms with E-state index in [-0.39, 0.29) is 24.6 Å². The number of carbonyl (C=O) groups is 2. The number of carbonyl (C=O) groups excluding carboxylic acids is 1. The first-order valence-corrected chi connectivity index (χ1v) is 5.81. The molecule has 0 heterocycles. The van der Waals surface area contributed by atoms with Gasteiger partial charge in [0.15, 0.2) is 0 Å². The van der Waals surface area contributed by atoms with Crippen LogP contribution in [0.5, 0.6) is 0 Å². The Morgan fingerprint density at radius 1 is 1.28 bits per heavy atom. The van der Waals surface area contributed by atoms with Crippen molar-refractivity contribution < 1.29 is 19.1 Å². The second-order valence-electron chi connectivity index (χ2n) is 4.50. The molecule has 96 valence electrons. The van der Waals surface area contributed by atoms with E-state index in [0.29, 0.717) is 18.4 Å². The van der Waals surface area contributed by atoms with E-state index in [1.807, 2.05) is 0 Å². The molecule has 0 unspecified atom stereocenters. The number of amides is 1. The standard InChI is InChI=1S/C13H14FNO3/c14-10-4-2-1-3-9(10)13(7-8-13)15-11(16)5-6-12(17)18/h1-4H,5-8H2,(H,15,16)(H,17,18). The van der Waals surface area contributed by atoms with Crippen LogP contribution in [0, 0.1) is 5.82 Å². The van der Waals surface area contributed by atoms with Gasteiger partial charge in [0.2, 0.25) is 5.91 Å². The molecule has 0 aromatic heterocycles. The first kappa shape index (κ1) is 12.5. The summed E-state index contributed by atoms with van der Waals surface area (Å²) < 4.78 is 13.6. The normalized spacial score (nSPS) is 16.1. The summed E-state index contributed by atoms with van der Waals surface area (Å²) >= 11 is 0. The summed E-state index contributed by atoms with van der Waals surface area (Å²) in [7, 11) is 0. The fourth-order valence-electron chi connectivity index (χ4n) is 1.99. The van der Waals surface area contributed by atoms with E-state index in [4.69, 9.17) is 5.11 Å². The van der Waals surface area contributed by atoms with Gasteiger partial charge in [-0.25, -0.2) is 4.39 Å². The van der Waals surface area contributed by atoms with Gasteiger partial charge in [-0.1, -0.05) is 18.2 Å². The molecule has 4 nitrogen and oxygen atoms in total. The molecular weight excluding hydrogens is 237 g/mol. The van der Waals surface area contributed by atoms with Gasteiger partial charge in [0.25, 0.3) is 0 Å². The van der Waals surface area contributed by atoms with E-state index >= 15 is 0 Å². The van der Waals surface area contributed by atoms with Crippen molar-refractivity contribution in [3.8, 4) is 0 Å². The summed E-state index contributed by atoms with van der Waals surface area (Å²) in [5, 5.41) is 11.2. The largest absolute Gasteiger partial charge is 0.481 e. The average Bonchev–Trinajstić information content (AvgIpc) is 3.08. The maximum atomic E-state index is 13.6. The second kappa shape index (κ2) is 4.76. The van der Waals surface area contributed by atoms with E-state index in [1.165, 1.54) is 6.07 Å². The molecule has 1 aromatic carbocycles. The zero-order chi connectivity index (χ0) is 13.2. The molecule has 1 amide bonds. The molecule has 2 N–H and O–H groups in total. The van der Waals surface area contributed by atoms with Crippen LogP contribution in [0.1, 0.15) is 31.2 Å². The van der Waals surface area contributed by atoms with Gasteiger partial charge in [-0.3, -0.25) is 9.59 Å². The summed E-state index contributed by atoms with van der Waals surface area (Å²) in [5.41, 5.74) is -0.144. The quantitative estimate of drug-likeness (QED) is 0.838. The third-order valence-corrected chi connectivity index (χ3v) is 3.08. The molecule has 2 rings (SSSR count). The van der Waals surface area contributed by atoms with Crippen LogP contribution in [0.25, 0.3) is 0 Å². The molecule has 1 aromatic rings. The zero-order valence-electron chi connectivity index (χ0n) is 9.78. The Bertz CT molecular complexity index is 483. The van der Waals surface area contributed by atoms with Gasteiger partial charge in [0, 0.05) is 12.0 Å². The van der Waals surface area contributed by atoms with Gasteiger partial charge in [0.1, 0.15) is 5.82 Å². The SMILES string of the molecule is O=C(O)CCC(=O)NC1(c2ccccc2F)CC1. The highest BCUT2D eigenvalue weighted by molar-refractivity contribution is 5.81. The van der Waals surface area contributed by atoms with Gasteiger partial charge >= 0.3 is 5.97 Å². The summed E-state index contributed by atoms with van der Waals surface area (Å²) in [6.45, 7) is 0. The summed E-state index contributed by atoms with van der Waals surface area (Å²) in [4.78, 5) is 22.0. The fourth-order valence-corrected chi connectivity index (χ4v) is 1.99. The monoisotopic (exact) mass is 251 g/mol. The molecule has 0 saturated heterocycles. The van der Waals surface area contributed by atoms with Crippen molar-refractivity contribution in [3.63, 3.8) is 0 Å². The minimum absolute atomic E-state index is 0.0778. The number of aliphatic carboxylic acids is 1. The number of carboxylic acid groups (broad SMARTS) is 1. The fraction of sp³-hybridized carbons (Fsp3) is 0.385. The van der Waals surface area contributed by atoms with E-state index in [9.17, 15) is 14.0 Å². The highest BCUT2D eigenvalue weighted by Gasteiger charge is 2.47. The van der Waals surface area contributed by atoms with Crippen LogP contribution >= 0.6 is 0 Å². The van der Waals surface area contributed by atoms with Crippen molar-refractivity contribution in [2.24, 2.45) is 0 Å². The lowest BCUT2D eigenvalue weighted by atomic mass is 10.0. The van der Waals surface area contributed by atoms with Gasteiger partial charge in [-0.15, -0.1) is 0 Å². The van der Waals surface area contributed by atoms with Crippen molar-refractivity contribution in [1.29, 1.82) is 0 Å². The van der Waals surface area contributed by atoms with Gasteiger partial charge in [-0.05, 0) is 18.9 Å². The molecule has 0 atom stereocenters. The summed E-state index contributed by atoms with van der Waals surface area (Å²) in [6, 6.07) is 6.33. The molecule has 0 radical (unpaired) electrons. The number of carboxylic acids is 1. The maximum Gasteiger partial charge on any atom is 0.303 e. The Kier molecular flexibility index (Phi) is 3.32. The Morgan fingerprint density at radius 2 is 1.94 bits per heavy atom. The first-order valence-electron chi connectivity index (χ1n) is 5.81. The van der Waals surface area contributed by atoms with Crippen LogP contribution in [-0.2, 0) is 15.1 Å². The van der Waals surface area contributed by atoms with Crippen LogP contribution in [0.15, 0.2) is 24.3 Å². The van der Waals surface area contributed by atoms with E-state index < -0.39 is 11.5 Å². The van der Waals surface area contributed by atoms with Crippen LogP contribution < -0.4 is 5.32 Å². The molecule has 18 heavy (non-hydrogen) atoms. The van der Waals surface area contributed by atoms with Crippen LogP contribution in [-0.4, -0.2) is 17.0 Å². The molecule has 1 aliphatic carbocycles. The summed E-state index contributed by atoms with van der Waals surface area (Å²) in [6.07, 6.45) is 1.09. The van der Waals surface area contributed by atoms with E-state index in [0.717, 1.165) is 0 Å². The molecule has 0 spiro atoms. The number of nitrogens with one attached hydrogen (secondary N) is 1. The number of rotatable bonds is 5. The number of benzene rings is 1. The van der Waals surface area contributed by atoms with Gasteiger partial charge in [0.05, 0.1) is 12.0 Å². The molecule has 1 fully saturated rings. The zero-order valence-corrected chi connectivity index (χ0v) is 9.78. The smallest absolute Gasteiger partial charge is 0.303 e. The van der Waals surface area contributed by atoms with Crippen molar-refractivity contribution in [2.75, 3.05) is 0 Å². The summed E-state index contributed by atoms with van der Waals surface area (Å²) in [5.74, 6) is -1.70. The van der Waals surface area contributed by atoms with Crippen molar-refractivity contribution in [1.82, 2.24) is 5.32 Å². The van der Waals surface area contributed by atoms with Crippen molar-refractivity contribution in [2.45, 2.75) is 31.2 Å². The minimum atomic E-state index is -1.01. The molecule has 1 saturated carbocycles. The molecular formula is C13H14FNO3. The average molecular weight is 251 g/mol. The van der Waals surface area contributed by atoms with Gasteiger partial charge in [-0.2, -0.15) is 0 Å². The van der Waals surface area contributed by atoms with Crippen LogP contribution in [0.3, 0.4) is 0 Å². The van der Waals surface area contributed by atoms with Gasteiger partial charge < -0.3 is 10.4 Å². The predicted octanol–water partition coefficient (Wildman–Crippen LogP) is 1.80.